The Morgan fingerprint density at radius 2 is 1.46 bits per heavy atom. The molecule has 0 aliphatic heterocycles. The zero-order valence-corrected chi connectivity index (χ0v) is 23.9. The molecule has 0 N–H and O–H groups in total. The monoisotopic (exact) mass is 552 g/mol. The van der Waals surface area contributed by atoms with Crippen LogP contribution in [0.3, 0.4) is 0 Å². The number of carbonyl (C=O) groups excluding carboxylic acids is 2. The molecule has 0 heterocycles. The standard InChI is InChI=1S/C35H36O6/c1-26(2)35(37)40-24-8-6-5-7-23-39-32-19-13-28(14-20-32)9-10-30-15-21-33(27(3)25-30)41-34(36)22-16-29-11-17-31(38-4)18-12-29/h11-22,25H,1,5-8,23-24H2,2-4H3/b22-16+. The Balaban J connectivity index is 1.41. The third-order valence-electron chi connectivity index (χ3n) is 6.01. The van der Waals surface area contributed by atoms with Gasteiger partial charge in [0.1, 0.15) is 17.2 Å². The topological polar surface area (TPSA) is 71.1 Å². The van der Waals surface area contributed by atoms with E-state index >= 15 is 0 Å². The van der Waals surface area contributed by atoms with Gasteiger partial charge >= 0.3 is 11.9 Å². The number of benzene rings is 3. The van der Waals surface area contributed by atoms with Crippen molar-refractivity contribution in [1.29, 1.82) is 0 Å². The van der Waals surface area contributed by atoms with Gasteiger partial charge < -0.3 is 18.9 Å². The first kappa shape index (κ1) is 30.8. The third kappa shape index (κ3) is 11.1. The summed E-state index contributed by atoms with van der Waals surface area (Å²) in [5.41, 5.74) is 3.82. The average molecular weight is 553 g/mol. The first-order valence-electron chi connectivity index (χ1n) is 13.6. The van der Waals surface area contributed by atoms with Crippen LogP contribution in [0.25, 0.3) is 6.08 Å². The summed E-state index contributed by atoms with van der Waals surface area (Å²) in [4.78, 5) is 23.6. The minimum absolute atomic E-state index is 0.331. The first-order valence-corrected chi connectivity index (χ1v) is 13.6. The fourth-order valence-corrected chi connectivity index (χ4v) is 3.68. The summed E-state index contributed by atoms with van der Waals surface area (Å²) in [6, 6.07) is 20.5. The predicted molar refractivity (Wildman–Crippen MR) is 161 cm³/mol. The molecule has 0 radical (unpaired) electrons. The Bertz CT molecular complexity index is 1410. The summed E-state index contributed by atoms with van der Waals surface area (Å²) in [6.45, 7) is 8.15. The number of aryl methyl sites for hydroxylation is 1. The van der Waals surface area contributed by atoms with Gasteiger partial charge in [-0.2, -0.15) is 0 Å². The van der Waals surface area contributed by atoms with Crippen LogP contribution < -0.4 is 14.2 Å². The molecular formula is C35H36O6. The molecule has 212 valence electrons. The third-order valence-corrected chi connectivity index (χ3v) is 6.01. The highest BCUT2D eigenvalue weighted by Crippen LogP contribution is 2.20. The van der Waals surface area contributed by atoms with Crippen LogP contribution in [0, 0.1) is 18.8 Å². The molecule has 0 saturated carbocycles. The van der Waals surface area contributed by atoms with E-state index in [-0.39, 0.29) is 5.97 Å². The number of ether oxygens (including phenoxy) is 4. The van der Waals surface area contributed by atoms with Crippen LogP contribution in [-0.4, -0.2) is 32.3 Å². The quantitative estimate of drug-likeness (QED) is 0.0742. The Morgan fingerprint density at radius 3 is 2.12 bits per heavy atom. The second-order valence-corrected chi connectivity index (χ2v) is 9.46. The normalized spacial score (nSPS) is 10.4. The largest absolute Gasteiger partial charge is 0.497 e. The molecule has 6 heteroatoms. The number of unbranched alkanes of at least 4 members (excludes halogenated alkanes) is 3. The van der Waals surface area contributed by atoms with Crippen LogP contribution in [0.2, 0.25) is 0 Å². The zero-order chi connectivity index (χ0) is 29.5. The number of methoxy groups -OCH3 is 1. The van der Waals surface area contributed by atoms with Gasteiger partial charge in [-0.05, 0) is 111 Å². The molecule has 0 aliphatic rings. The lowest BCUT2D eigenvalue weighted by Gasteiger charge is -2.07. The number of esters is 2. The van der Waals surface area contributed by atoms with E-state index in [4.69, 9.17) is 18.9 Å². The zero-order valence-electron chi connectivity index (χ0n) is 23.9. The Morgan fingerprint density at radius 1 is 0.829 bits per heavy atom. The van der Waals surface area contributed by atoms with Crippen LogP contribution in [0.5, 0.6) is 17.2 Å². The highest BCUT2D eigenvalue weighted by molar-refractivity contribution is 5.89. The molecule has 3 rings (SSSR count). The van der Waals surface area contributed by atoms with Crippen molar-refractivity contribution in [1.82, 2.24) is 0 Å². The van der Waals surface area contributed by atoms with Gasteiger partial charge in [-0.1, -0.05) is 30.6 Å². The minimum atomic E-state index is -0.452. The summed E-state index contributed by atoms with van der Waals surface area (Å²) >= 11 is 0. The highest BCUT2D eigenvalue weighted by Gasteiger charge is 2.05. The molecule has 0 amide bonds. The van der Waals surface area contributed by atoms with Crippen LogP contribution in [-0.2, 0) is 14.3 Å². The van der Waals surface area contributed by atoms with Gasteiger partial charge in [0, 0.05) is 22.8 Å². The maximum atomic E-state index is 12.3. The second kappa shape index (κ2) is 16.4. The molecule has 3 aromatic carbocycles. The number of hydrogen-bond donors (Lipinski definition) is 0. The lowest BCUT2D eigenvalue weighted by atomic mass is 10.1. The molecule has 0 spiro atoms. The van der Waals surface area contributed by atoms with E-state index in [1.54, 1.807) is 26.2 Å². The lowest BCUT2D eigenvalue weighted by Crippen LogP contribution is -2.06. The molecule has 0 aromatic heterocycles. The van der Waals surface area contributed by atoms with Crippen LogP contribution in [0.15, 0.2) is 85.0 Å². The summed E-state index contributed by atoms with van der Waals surface area (Å²) < 4.78 is 21.5. The summed E-state index contributed by atoms with van der Waals surface area (Å²) in [5.74, 6) is 7.58. The Labute approximate surface area is 242 Å². The van der Waals surface area contributed by atoms with Gasteiger partial charge in [0.05, 0.1) is 20.3 Å². The lowest BCUT2D eigenvalue weighted by molar-refractivity contribution is -0.139. The summed E-state index contributed by atoms with van der Waals surface area (Å²) in [5, 5.41) is 0. The maximum Gasteiger partial charge on any atom is 0.336 e. The van der Waals surface area contributed by atoms with Gasteiger partial charge in [0.2, 0.25) is 0 Å². The molecule has 41 heavy (non-hydrogen) atoms. The van der Waals surface area contributed by atoms with Gasteiger partial charge in [-0.25, -0.2) is 9.59 Å². The van der Waals surface area contributed by atoms with Gasteiger partial charge in [-0.3, -0.25) is 0 Å². The van der Waals surface area contributed by atoms with E-state index in [2.05, 4.69) is 18.4 Å². The molecule has 0 unspecified atom stereocenters. The predicted octanol–water partition coefficient (Wildman–Crippen LogP) is 7.08. The van der Waals surface area contributed by atoms with Crippen LogP contribution in [0.4, 0.5) is 0 Å². The van der Waals surface area contributed by atoms with Crippen molar-refractivity contribution in [3.63, 3.8) is 0 Å². The molecule has 0 saturated heterocycles. The second-order valence-electron chi connectivity index (χ2n) is 9.46. The minimum Gasteiger partial charge on any atom is -0.497 e. The van der Waals surface area contributed by atoms with Crippen molar-refractivity contribution >= 4 is 18.0 Å². The van der Waals surface area contributed by atoms with Crippen molar-refractivity contribution in [2.75, 3.05) is 20.3 Å². The fourth-order valence-electron chi connectivity index (χ4n) is 3.68. The van der Waals surface area contributed by atoms with Crippen LogP contribution >= 0.6 is 0 Å². The number of carbonyl (C=O) groups is 2. The van der Waals surface area contributed by atoms with Crippen molar-refractivity contribution in [3.05, 3.63) is 107 Å². The highest BCUT2D eigenvalue weighted by atomic mass is 16.5. The van der Waals surface area contributed by atoms with E-state index in [1.165, 1.54) is 6.08 Å². The maximum absolute atomic E-state index is 12.3. The average Bonchev–Trinajstić information content (AvgIpc) is 2.98. The van der Waals surface area contributed by atoms with Crippen molar-refractivity contribution in [3.8, 4) is 29.1 Å². The van der Waals surface area contributed by atoms with Crippen LogP contribution in [0.1, 0.15) is 54.9 Å². The molecular weight excluding hydrogens is 516 g/mol. The van der Waals surface area contributed by atoms with E-state index in [0.29, 0.717) is 24.5 Å². The summed E-state index contributed by atoms with van der Waals surface area (Å²) in [7, 11) is 1.61. The molecule has 6 nitrogen and oxygen atoms in total. The van der Waals surface area contributed by atoms with Gasteiger partial charge in [0.15, 0.2) is 0 Å². The van der Waals surface area contributed by atoms with E-state index in [1.807, 2.05) is 67.6 Å². The molecule has 0 fully saturated rings. The Kier molecular flexibility index (Phi) is 12.3. The molecule has 0 aliphatic carbocycles. The van der Waals surface area contributed by atoms with Gasteiger partial charge in [-0.15, -0.1) is 0 Å². The van der Waals surface area contributed by atoms with E-state index in [0.717, 1.165) is 59.4 Å². The fraction of sp³-hybridized carbons (Fsp3) is 0.257. The SMILES string of the molecule is C=C(C)C(=O)OCCCCCCOc1ccc(C#Cc2ccc(OC(=O)/C=C/c3ccc(OC)cc3)c(C)c2)cc1. The van der Waals surface area contributed by atoms with Gasteiger partial charge in [0.25, 0.3) is 0 Å². The van der Waals surface area contributed by atoms with Crippen molar-refractivity contribution < 1.29 is 28.5 Å². The number of hydrogen-bond acceptors (Lipinski definition) is 6. The molecule has 3 aromatic rings. The molecule has 0 atom stereocenters. The first-order chi connectivity index (χ1) is 19.8. The summed E-state index contributed by atoms with van der Waals surface area (Å²) in [6.07, 6.45) is 6.85. The van der Waals surface area contributed by atoms with E-state index in [9.17, 15) is 9.59 Å². The van der Waals surface area contributed by atoms with Crippen molar-refractivity contribution in [2.45, 2.75) is 39.5 Å². The van der Waals surface area contributed by atoms with E-state index < -0.39 is 5.97 Å². The smallest absolute Gasteiger partial charge is 0.336 e. The van der Waals surface area contributed by atoms with Crippen molar-refractivity contribution in [2.24, 2.45) is 0 Å². The number of rotatable bonds is 13. The Hall–Kier alpha value is -4.76. The molecule has 0 bridgehead atoms.